The predicted octanol–water partition coefficient (Wildman–Crippen LogP) is 4.83. The molecule has 2 saturated heterocycles. The number of thioether (sulfide) groups is 1. The van der Waals surface area contributed by atoms with Crippen LogP contribution in [0.2, 0.25) is 5.02 Å². The molecule has 1 aromatic heterocycles. The van der Waals surface area contributed by atoms with Crippen molar-refractivity contribution >= 4 is 63.1 Å². The lowest BCUT2D eigenvalue weighted by Gasteiger charge is -2.12. The second-order valence-corrected chi connectivity index (χ2v) is 9.60. The Morgan fingerprint density at radius 2 is 2.06 bits per heavy atom. The van der Waals surface area contributed by atoms with Gasteiger partial charge in [-0.1, -0.05) is 35.9 Å². The maximum absolute atomic E-state index is 13.1. The number of anilines is 1. The van der Waals surface area contributed by atoms with Gasteiger partial charge in [0.2, 0.25) is 5.91 Å². The minimum atomic E-state index is -0.400. The Kier molecular flexibility index (Phi) is 6.45. The molecule has 5 rings (SSSR count). The molecule has 0 radical (unpaired) electrons. The average molecular weight is 496 g/mol. The Labute approximate surface area is 205 Å². The molecule has 174 valence electrons. The molecule has 0 aliphatic carbocycles. The quantitative estimate of drug-likeness (QED) is 0.495. The molecule has 0 saturated carbocycles. The largest absolute Gasteiger partial charge is 0.376 e. The van der Waals surface area contributed by atoms with Gasteiger partial charge in [-0.2, -0.15) is 0 Å². The third-order valence-corrected chi connectivity index (χ3v) is 6.94. The van der Waals surface area contributed by atoms with Crippen LogP contribution in [0.4, 0.5) is 10.5 Å². The third-order valence-electron chi connectivity index (χ3n) is 5.83. The zero-order valence-electron chi connectivity index (χ0n) is 18.2. The number of hydrogen-bond donors (Lipinski definition) is 1. The van der Waals surface area contributed by atoms with E-state index in [1.807, 2.05) is 35.0 Å². The van der Waals surface area contributed by atoms with Crippen molar-refractivity contribution in [2.45, 2.75) is 25.5 Å². The van der Waals surface area contributed by atoms with E-state index in [4.69, 9.17) is 16.3 Å². The summed E-state index contributed by atoms with van der Waals surface area (Å²) in [5.41, 5.74) is 2.07. The van der Waals surface area contributed by atoms with Crippen molar-refractivity contribution in [1.29, 1.82) is 0 Å². The van der Waals surface area contributed by atoms with Gasteiger partial charge in [-0.3, -0.25) is 14.4 Å². The van der Waals surface area contributed by atoms with E-state index in [0.717, 1.165) is 52.6 Å². The van der Waals surface area contributed by atoms with Crippen LogP contribution >= 0.6 is 23.4 Å². The summed E-state index contributed by atoms with van der Waals surface area (Å²) in [4.78, 5) is 39.7. The molecule has 3 heterocycles. The van der Waals surface area contributed by atoms with Crippen LogP contribution < -0.4 is 10.2 Å². The number of para-hydroxylation sites is 1. The second kappa shape index (κ2) is 9.66. The number of aromatic nitrogens is 1. The summed E-state index contributed by atoms with van der Waals surface area (Å²) in [6.45, 7) is 1.39. The molecule has 2 aliphatic heterocycles. The lowest BCUT2D eigenvalue weighted by Crippen LogP contribution is -2.34. The fourth-order valence-electron chi connectivity index (χ4n) is 4.21. The van der Waals surface area contributed by atoms with Gasteiger partial charge in [0.05, 0.1) is 16.7 Å². The zero-order chi connectivity index (χ0) is 23.7. The van der Waals surface area contributed by atoms with Crippen molar-refractivity contribution in [1.82, 2.24) is 9.88 Å². The Hall–Kier alpha value is -3.07. The van der Waals surface area contributed by atoms with Gasteiger partial charge in [-0.25, -0.2) is 4.90 Å². The summed E-state index contributed by atoms with van der Waals surface area (Å²) in [6, 6.07) is 14.3. The molecule has 7 nitrogen and oxygen atoms in total. The van der Waals surface area contributed by atoms with Crippen molar-refractivity contribution in [2.75, 3.05) is 18.1 Å². The number of carbonyl (C=O) groups excluding carboxylic acids is 3. The third kappa shape index (κ3) is 4.61. The summed E-state index contributed by atoms with van der Waals surface area (Å²) in [6.07, 6.45) is 5.61. The van der Waals surface area contributed by atoms with E-state index in [1.54, 1.807) is 30.3 Å². The van der Waals surface area contributed by atoms with E-state index in [1.165, 1.54) is 0 Å². The van der Waals surface area contributed by atoms with Crippen molar-refractivity contribution in [3.63, 3.8) is 0 Å². The molecule has 3 amide bonds. The highest BCUT2D eigenvalue weighted by atomic mass is 35.5. The number of carbonyl (C=O) groups is 3. The number of benzene rings is 2. The number of fused-ring (bicyclic) bond motifs is 1. The summed E-state index contributed by atoms with van der Waals surface area (Å²) in [7, 11) is 0. The lowest BCUT2D eigenvalue weighted by atomic mass is 10.1. The fourth-order valence-corrected chi connectivity index (χ4v) is 5.23. The van der Waals surface area contributed by atoms with Crippen LogP contribution in [0, 0.1) is 0 Å². The number of halogens is 1. The second-order valence-electron chi connectivity index (χ2n) is 8.17. The minimum absolute atomic E-state index is 0.0797. The maximum Gasteiger partial charge on any atom is 0.298 e. The van der Waals surface area contributed by atoms with Crippen LogP contribution in [0.15, 0.2) is 59.6 Å². The first-order valence-electron chi connectivity index (χ1n) is 11.0. The summed E-state index contributed by atoms with van der Waals surface area (Å²) < 4.78 is 7.42. The Bertz CT molecular complexity index is 1310. The lowest BCUT2D eigenvalue weighted by molar-refractivity contribution is -0.122. The molecular formula is C25H22ClN3O4S. The van der Waals surface area contributed by atoms with Crippen LogP contribution in [-0.2, 0) is 20.9 Å². The molecular weight excluding hydrogens is 474 g/mol. The molecule has 2 aliphatic rings. The fraction of sp³-hybridized carbons (Fsp3) is 0.240. The van der Waals surface area contributed by atoms with Gasteiger partial charge in [0.15, 0.2) is 0 Å². The van der Waals surface area contributed by atoms with E-state index in [0.29, 0.717) is 22.2 Å². The monoisotopic (exact) mass is 495 g/mol. The van der Waals surface area contributed by atoms with E-state index in [9.17, 15) is 14.4 Å². The molecule has 2 aromatic carbocycles. The van der Waals surface area contributed by atoms with Crippen molar-refractivity contribution in [3.05, 3.63) is 70.2 Å². The van der Waals surface area contributed by atoms with Gasteiger partial charge in [-0.15, -0.1) is 0 Å². The van der Waals surface area contributed by atoms with E-state index >= 15 is 0 Å². The van der Waals surface area contributed by atoms with Gasteiger partial charge < -0.3 is 14.6 Å². The van der Waals surface area contributed by atoms with E-state index < -0.39 is 5.91 Å². The highest BCUT2D eigenvalue weighted by Crippen LogP contribution is 2.37. The highest BCUT2D eigenvalue weighted by Gasteiger charge is 2.36. The van der Waals surface area contributed by atoms with Crippen LogP contribution in [0.3, 0.4) is 0 Å². The van der Waals surface area contributed by atoms with Crippen molar-refractivity contribution < 1.29 is 19.1 Å². The highest BCUT2D eigenvalue weighted by molar-refractivity contribution is 8.19. The number of nitrogens with one attached hydrogen (secondary N) is 1. The van der Waals surface area contributed by atoms with Crippen LogP contribution in [0.1, 0.15) is 18.4 Å². The summed E-state index contributed by atoms with van der Waals surface area (Å²) >= 11 is 6.92. The summed E-state index contributed by atoms with van der Waals surface area (Å²) in [5, 5.41) is 3.90. The topological polar surface area (TPSA) is 80.6 Å². The number of rotatable bonds is 6. The molecule has 9 heteroatoms. The van der Waals surface area contributed by atoms with E-state index in [-0.39, 0.29) is 23.8 Å². The van der Waals surface area contributed by atoms with Gasteiger partial charge in [0.25, 0.3) is 11.1 Å². The van der Waals surface area contributed by atoms with Crippen LogP contribution in [0.25, 0.3) is 17.0 Å². The van der Waals surface area contributed by atoms with Crippen LogP contribution in [0.5, 0.6) is 0 Å². The normalized spacial score (nSPS) is 19.5. The van der Waals surface area contributed by atoms with Gasteiger partial charge in [0, 0.05) is 40.8 Å². The first-order chi connectivity index (χ1) is 16.5. The standard InChI is InChI=1S/C25H22ClN3O4S/c26-17-5-3-6-18(12-17)29-24(31)22(34-25(29)32)11-16-14-28(21-9-2-1-8-20(16)21)15-23(30)27-13-19-7-4-10-33-19/h1-3,5-6,8-9,11-12,14,19H,4,7,10,13,15H2,(H,27,30)/b22-11-/t19-/m1/s1. The molecule has 1 atom stereocenters. The minimum Gasteiger partial charge on any atom is -0.376 e. The Morgan fingerprint density at radius 1 is 1.21 bits per heavy atom. The smallest absolute Gasteiger partial charge is 0.298 e. The SMILES string of the molecule is O=C(Cn1cc(/C=C2\SC(=O)N(c3cccc(Cl)c3)C2=O)c2ccccc21)NC[C@H]1CCCO1. The Balaban J connectivity index is 1.39. The molecule has 0 bridgehead atoms. The predicted molar refractivity (Wildman–Crippen MR) is 134 cm³/mol. The van der Waals surface area contributed by atoms with Gasteiger partial charge in [-0.05, 0) is 54.9 Å². The molecule has 0 unspecified atom stereocenters. The van der Waals surface area contributed by atoms with Gasteiger partial charge in [0.1, 0.15) is 6.54 Å². The summed E-state index contributed by atoms with van der Waals surface area (Å²) in [5.74, 6) is -0.507. The number of amides is 3. The van der Waals surface area contributed by atoms with Crippen molar-refractivity contribution in [2.24, 2.45) is 0 Å². The number of imide groups is 1. The number of nitrogens with zero attached hydrogens (tertiary/aromatic N) is 2. The van der Waals surface area contributed by atoms with E-state index in [2.05, 4.69) is 5.32 Å². The molecule has 1 N–H and O–H groups in total. The molecule has 0 spiro atoms. The first-order valence-corrected chi connectivity index (χ1v) is 12.2. The maximum atomic E-state index is 13.1. The van der Waals surface area contributed by atoms with Crippen LogP contribution in [-0.4, -0.2) is 40.9 Å². The van der Waals surface area contributed by atoms with Gasteiger partial charge >= 0.3 is 0 Å². The average Bonchev–Trinajstić information content (AvgIpc) is 3.52. The number of ether oxygens (including phenoxy) is 1. The Morgan fingerprint density at radius 3 is 2.85 bits per heavy atom. The molecule has 34 heavy (non-hydrogen) atoms. The van der Waals surface area contributed by atoms with Crippen molar-refractivity contribution in [3.8, 4) is 0 Å². The zero-order valence-corrected chi connectivity index (χ0v) is 19.8. The molecule has 3 aromatic rings. The number of hydrogen-bond acceptors (Lipinski definition) is 5. The first kappa shape index (κ1) is 22.7. The molecule has 2 fully saturated rings.